The van der Waals surface area contributed by atoms with Gasteiger partial charge in [0.15, 0.2) is 5.75 Å². The lowest BCUT2D eigenvalue weighted by Crippen LogP contribution is -2.24. The van der Waals surface area contributed by atoms with Gasteiger partial charge in [-0.1, -0.05) is 38.1 Å². The number of aliphatic carboxylic acids is 1. The molecule has 0 aliphatic heterocycles. The van der Waals surface area contributed by atoms with Crippen LogP contribution in [0.25, 0.3) is 22.9 Å². The smallest absolute Gasteiger partial charge is 0.387 e. The Morgan fingerprint density at radius 3 is 2.31 bits per heavy atom. The van der Waals surface area contributed by atoms with Gasteiger partial charge in [-0.15, -0.1) is 0 Å². The summed E-state index contributed by atoms with van der Waals surface area (Å²) in [6.07, 6.45) is 7.83. The lowest BCUT2D eigenvalue weighted by molar-refractivity contribution is -0.139. The van der Waals surface area contributed by atoms with E-state index >= 15 is 0 Å². The maximum absolute atomic E-state index is 14.2. The molecule has 1 saturated carbocycles. The van der Waals surface area contributed by atoms with E-state index in [1.165, 1.54) is 47.3 Å². The Morgan fingerprint density at radius 1 is 1.02 bits per heavy atom. The predicted octanol–water partition coefficient (Wildman–Crippen LogP) is 5.60. The summed E-state index contributed by atoms with van der Waals surface area (Å²) in [7, 11) is 0. The Hall–Kier alpha value is -5.28. The lowest BCUT2D eigenvalue weighted by atomic mass is 9.91. The van der Waals surface area contributed by atoms with Crippen molar-refractivity contribution in [2.24, 2.45) is 0 Å². The Morgan fingerprint density at radius 2 is 1.71 bits per heavy atom. The molecule has 3 heterocycles. The van der Waals surface area contributed by atoms with Crippen molar-refractivity contribution in [2.75, 3.05) is 10.6 Å². The molecule has 0 bridgehead atoms. The molecular weight excluding hydrogens is 669 g/mol. The standard InChI is InChI=1S/C36H39F3N6O6/c1-20(2)30-19-45(34(50)33(21-3-5-22(37)6-4-21)29(30)11-10-26(46)14-27(47)15-32(48)49)25-9-12-31(40-16-25)43-23-7-8-24(13-23)44-36-41-17-28(18-42-36)51-35(38)39/h3-6,9-12,16-20,23-24,26-27,35,46-47H,7-8,13-15H2,1-2H3,(H,40,43)(H,48,49)(H,41,42,44)/b11-10+/t23-,24-,26+,27+/m0/s1. The predicted molar refractivity (Wildman–Crippen MR) is 185 cm³/mol. The number of nitrogens with zero attached hydrogens (tertiary/aromatic N) is 4. The number of aliphatic hydroxyl groups is 2. The van der Waals surface area contributed by atoms with Crippen molar-refractivity contribution < 1.29 is 38.0 Å². The molecule has 0 radical (unpaired) electrons. The first-order valence-corrected chi connectivity index (χ1v) is 16.4. The second-order valence-electron chi connectivity index (χ2n) is 12.6. The van der Waals surface area contributed by atoms with Gasteiger partial charge in [0, 0.05) is 24.7 Å². The van der Waals surface area contributed by atoms with Crippen LogP contribution in [0.5, 0.6) is 5.75 Å². The molecule has 1 fully saturated rings. The molecule has 270 valence electrons. The number of hydrogen-bond acceptors (Lipinski definition) is 10. The zero-order valence-electron chi connectivity index (χ0n) is 27.9. The summed E-state index contributed by atoms with van der Waals surface area (Å²) in [5, 5.41) is 36.1. The number of nitrogens with one attached hydrogen (secondary N) is 2. The average molecular weight is 709 g/mol. The molecule has 4 aromatic rings. The third-order valence-electron chi connectivity index (χ3n) is 8.44. The molecule has 0 saturated heterocycles. The molecular formula is C36H39F3N6O6. The summed E-state index contributed by atoms with van der Waals surface area (Å²) in [6.45, 7) is 0.937. The normalized spacial score (nSPS) is 17.2. The monoisotopic (exact) mass is 708 g/mol. The van der Waals surface area contributed by atoms with E-state index in [0.717, 1.165) is 24.8 Å². The number of alkyl halides is 2. The van der Waals surface area contributed by atoms with Gasteiger partial charge >= 0.3 is 12.6 Å². The SMILES string of the molecule is CC(C)c1cn(-c2ccc(N[C@H]3CC[C@H](Nc4ncc(OC(F)F)cn4)C3)nc2)c(=O)c(-c2ccc(F)cc2)c1/C=C/[C@@H](O)C[C@@H](O)CC(=O)O. The second kappa shape index (κ2) is 16.6. The third kappa shape index (κ3) is 9.92. The zero-order chi connectivity index (χ0) is 36.7. The zero-order valence-corrected chi connectivity index (χ0v) is 27.9. The number of ether oxygens (including phenoxy) is 1. The van der Waals surface area contributed by atoms with E-state index in [9.17, 15) is 33.0 Å². The molecule has 51 heavy (non-hydrogen) atoms. The molecule has 0 amide bonds. The summed E-state index contributed by atoms with van der Waals surface area (Å²) in [5.41, 5.74) is 2.05. The molecule has 0 spiro atoms. The van der Waals surface area contributed by atoms with Gasteiger partial charge in [0.1, 0.15) is 11.6 Å². The number of carbonyl (C=O) groups is 1. The average Bonchev–Trinajstić information content (AvgIpc) is 3.51. The summed E-state index contributed by atoms with van der Waals surface area (Å²) < 4.78 is 44.5. The van der Waals surface area contributed by atoms with Crippen molar-refractivity contribution >= 4 is 23.8 Å². The van der Waals surface area contributed by atoms with E-state index in [1.54, 1.807) is 30.6 Å². The van der Waals surface area contributed by atoms with Gasteiger partial charge in [-0.25, -0.2) is 19.3 Å². The van der Waals surface area contributed by atoms with Gasteiger partial charge in [0.2, 0.25) is 5.95 Å². The van der Waals surface area contributed by atoms with Gasteiger partial charge < -0.3 is 30.7 Å². The molecule has 12 nitrogen and oxygen atoms in total. The van der Waals surface area contributed by atoms with Gasteiger partial charge in [-0.2, -0.15) is 8.78 Å². The van der Waals surface area contributed by atoms with Crippen molar-refractivity contribution in [3.63, 3.8) is 0 Å². The summed E-state index contributed by atoms with van der Waals surface area (Å²) >= 11 is 0. The number of carboxylic acid groups (broad SMARTS) is 1. The van der Waals surface area contributed by atoms with Crippen LogP contribution < -0.4 is 20.9 Å². The summed E-state index contributed by atoms with van der Waals surface area (Å²) in [6, 6.07) is 9.18. The second-order valence-corrected chi connectivity index (χ2v) is 12.6. The van der Waals surface area contributed by atoms with Crippen LogP contribution in [0.4, 0.5) is 24.9 Å². The number of benzene rings is 1. The molecule has 4 atom stereocenters. The Kier molecular flexibility index (Phi) is 12.1. The van der Waals surface area contributed by atoms with Crippen LogP contribution in [0.1, 0.15) is 63.0 Å². The van der Waals surface area contributed by atoms with E-state index in [0.29, 0.717) is 28.6 Å². The van der Waals surface area contributed by atoms with Crippen molar-refractivity contribution in [3.8, 4) is 22.6 Å². The van der Waals surface area contributed by atoms with Gasteiger partial charge in [0.05, 0.1) is 48.5 Å². The molecule has 15 heteroatoms. The summed E-state index contributed by atoms with van der Waals surface area (Å²) in [4.78, 5) is 37.8. The highest BCUT2D eigenvalue weighted by molar-refractivity contribution is 5.77. The van der Waals surface area contributed by atoms with Crippen LogP contribution >= 0.6 is 0 Å². The van der Waals surface area contributed by atoms with E-state index < -0.39 is 42.6 Å². The quantitative estimate of drug-likeness (QED) is 0.104. The minimum absolute atomic E-state index is 0.0463. The lowest BCUT2D eigenvalue weighted by Gasteiger charge is -2.20. The van der Waals surface area contributed by atoms with Crippen LogP contribution in [0, 0.1) is 5.82 Å². The van der Waals surface area contributed by atoms with Crippen LogP contribution in [0.15, 0.2) is 72.1 Å². The first kappa shape index (κ1) is 37.0. The number of anilines is 2. The number of aliphatic hydroxyl groups excluding tert-OH is 2. The van der Waals surface area contributed by atoms with Crippen LogP contribution in [0.3, 0.4) is 0 Å². The fourth-order valence-corrected chi connectivity index (χ4v) is 6.03. The molecule has 5 rings (SSSR count). The highest BCUT2D eigenvalue weighted by atomic mass is 19.3. The minimum atomic E-state index is -2.95. The topological polar surface area (TPSA) is 172 Å². The molecule has 1 aliphatic carbocycles. The fourth-order valence-electron chi connectivity index (χ4n) is 6.03. The van der Waals surface area contributed by atoms with Crippen molar-refractivity contribution in [3.05, 3.63) is 94.6 Å². The number of carboxylic acids is 1. The van der Waals surface area contributed by atoms with Gasteiger partial charge in [0.25, 0.3) is 5.56 Å². The van der Waals surface area contributed by atoms with E-state index in [-0.39, 0.29) is 35.7 Å². The van der Waals surface area contributed by atoms with Crippen molar-refractivity contribution in [2.45, 2.75) is 82.8 Å². The summed E-state index contributed by atoms with van der Waals surface area (Å²) in [5.74, 6) is -0.976. The van der Waals surface area contributed by atoms with Crippen molar-refractivity contribution in [1.82, 2.24) is 19.5 Å². The maximum Gasteiger partial charge on any atom is 0.387 e. The van der Waals surface area contributed by atoms with Crippen molar-refractivity contribution in [1.29, 1.82) is 0 Å². The first-order valence-electron chi connectivity index (χ1n) is 16.4. The van der Waals surface area contributed by atoms with Gasteiger partial charge in [-0.3, -0.25) is 14.2 Å². The first-order chi connectivity index (χ1) is 24.4. The van der Waals surface area contributed by atoms with Crippen LogP contribution in [0.2, 0.25) is 0 Å². The number of hydrogen-bond donors (Lipinski definition) is 5. The molecule has 3 aromatic heterocycles. The van der Waals surface area contributed by atoms with Crippen LogP contribution in [-0.4, -0.2) is 71.7 Å². The maximum atomic E-state index is 14.2. The Labute approximate surface area is 291 Å². The number of halogens is 3. The van der Waals surface area contributed by atoms with E-state index in [4.69, 9.17) is 5.11 Å². The Bertz CT molecular complexity index is 1870. The molecule has 1 aromatic carbocycles. The van der Waals surface area contributed by atoms with E-state index in [1.807, 2.05) is 13.8 Å². The number of aromatic nitrogens is 4. The fraction of sp³-hybridized carbons (Fsp3) is 0.361. The molecule has 5 N–H and O–H groups in total. The minimum Gasteiger partial charge on any atom is -0.481 e. The molecule has 1 aliphatic rings. The van der Waals surface area contributed by atoms with E-state index in [2.05, 4.69) is 30.3 Å². The Balaban J connectivity index is 1.36. The third-order valence-corrected chi connectivity index (χ3v) is 8.44. The largest absolute Gasteiger partial charge is 0.481 e. The number of rotatable bonds is 15. The highest BCUT2D eigenvalue weighted by Crippen LogP contribution is 2.31. The number of pyridine rings is 2. The highest BCUT2D eigenvalue weighted by Gasteiger charge is 2.26. The van der Waals surface area contributed by atoms with Gasteiger partial charge in [-0.05, 0) is 66.1 Å². The molecule has 0 unspecified atom stereocenters. The van der Waals surface area contributed by atoms with Crippen LogP contribution in [-0.2, 0) is 4.79 Å².